The Hall–Kier alpha value is -4.17. The number of likely N-dealkylation sites (N-methyl/N-ethyl adjacent to an activating group) is 1. The average molecular weight is 647 g/mol. The summed E-state index contributed by atoms with van der Waals surface area (Å²) >= 11 is 12.3. The van der Waals surface area contributed by atoms with Gasteiger partial charge in [-0.15, -0.1) is 0 Å². The van der Waals surface area contributed by atoms with Gasteiger partial charge in [0.1, 0.15) is 11.4 Å². The first-order chi connectivity index (χ1) is 20.9. The van der Waals surface area contributed by atoms with Crippen molar-refractivity contribution in [2.24, 2.45) is 0 Å². The van der Waals surface area contributed by atoms with Gasteiger partial charge in [0.25, 0.3) is 11.6 Å². The summed E-state index contributed by atoms with van der Waals surface area (Å²) in [5.74, 6) is -3.90. The van der Waals surface area contributed by atoms with Gasteiger partial charge in [-0.2, -0.15) is 0 Å². The largest absolute Gasteiger partial charge is 0.465 e. The SMILES string of the molecule is CCN1[C@@H](CC(O)c2ccc(C(=O)OC)cc2[N+](=O)[O-])[C@@H]([N+](=O)[O-])[C@H](c2cccc(Cl)c2F)[C@]12C(=O)Nc1cc(Cl)ccc12. The Kier molecular flexibility index (Phi) is 8.33. The van der Waals surface area contributed by atoms with E-state index in [4.69, 9.17) is 23.2 Å². The first-order valence-corrected chi connectivity index (χ1v) is 14.1. The summed E-state index contributed by atoms with van der Waals surface area (Å²) < 4.78 is 20.4. The maximum absolute atomic E-state index is 15.8. The van der Waals surface area contributed by atoms with E-state index in [1.807, 2.05) is 0 Å². The third kappa shape index (κ3) is 4.76. The highest BCUT2D eigenvalue weighted by atomic mass is 35.5. The molecule has 2 aliphatic heterocycles. The molecule has 2 heterocycles. The lowest BCUT2D eigenvalue weighted by molar-refractivity contribution is -0.528. The number of benzene rings is 3. The van der Waals surface area contributed by atoms with Crippen LogP contribution >= 0.6 is 23.2 Å². The van der Waals surface area contributed by atoms with Gasteiger partial charge in [-0.1, -0.05) is 48.3 Å². The molecule has 1 spiro atoms. The van der Waals surface area contributed by atoms with Crippen LogP contribution in [-0.4, -0.2) is 57.5 Å². The molecule has 0 bridgehead atoms. The summed E-state index contributed by atoms with van der Waals surface area (Å²) in [6.45, 7) is 1.68. The van der Waals surface area contributed by atoms with Crippen molar-refractivity contribution in [1.29, 1.82) is 0 Å². The lowest BCUT2D eigenvalue weighted by Gasteiger charge is -2.38. The van der Waals surface area contributed by atoms with Crippen LogP contribution in [0.3, 0.4) is 0 Å². The fraction of sp³-hybridized carbons (Fsp3) is 0.310. The third-order valence-corrected chi connectivity index (χ3v) is 8.93. The Morgan fingerprint density at radius 3 is 2.55 bits per heavy atom. The van der Waals surface area contributed by atoms with E-state index < -0.39 is 69.3 Å². The van der Waals surface area contributed by atoms with Crippen molar-refractivity contribution in [3.8, 4) is 0 Å². The smallest absolute Gasteiger partial charge is 0.338 e. The highest BCUT2D eigenvalue weighted by molar-refractivity contribution is 6.31. The number of esters is 1. The molecule has 1 saturated heterocycles. The van der Waals surface area contributed by atoms with Gasteiger partial charge < -0.3 is 15.2 Å². The molecule has 0 saturated carbocycles. The molecule has 1 fully saturated rings. The van der Waals surface area contributed by atoms with Crippen LogP contribution in [0.5, 0.6) is 0 Å². The highest BCUT2D eigenvalue weighted by Gasteiger charge is 2.71. The van der Waals surface area contributed by atoms with Crippen molar-refractivity contribution in [3.63, 3.8) is 0 Å². The van der Waals surface area contributed by atoms with Crippen LogP contribution < -0.4 is 5.32 Å². The molecule has 0 aliphatic carbocycles. The standard InChI is InChI=1S/C29H25Cl2FN4O8/c1-3-34-22(13-23(37)16-9-7-14(27(38)44-2)11-21(16)35(40)41)26(36(42)43)24(17-5-4-6-19(31)25(17)32)29(34)18-10-8-15(30)12-20(18)33-28(29)39/h4-12,22-24,26,37H,3,13H2,1-2H3,(H,33,39)/t22-,23?,24-,26+,29+/m0/s1. The number of likely N-dealkylation sites (tertiary alicyclic amines) is 1. The quantitative estimate of drug-likeness (QED) is 0.189. The van der Waals surface area contributed by atoms with E-state index in [1.54, 1.807) is 13.0 Å². The van der Waals surface area contributed by atoms with Gasteiger partial charge in [0.2, 0.25) is 6.04 Å². The number of nitro groups is 2. The summed E-state index contributed by atoms with van der Waals surface area (Å²) in [6.07, 6.45) is -2.13. The van der Waals surface area contributed by atoms with Crippen molar-refractivity contribution in [1.82, 2.24) is 4.90 Å². The number of nitro benzene ring substituents is 1. The zero-order valence-electron chi connectivity index (χ0n) is 23.2. The first kappa shape index (κ1) is 31.3. The number of aliphatic hydroxyl groups is 1. The van der Waals surface area contributed by atoms with E-state index >= 15 is 4.39 Å². The number of rotatable bonds is 8. The molecule has 2 aliphatic rings. The lowest BCUT2D eigenvalue weighted by atomic mass is 9.73. The van der Waals surface area contributed by atoms with Crippen LogP contribution in [-0.2, 0) is 15.1 Å². The zero-order valence-corrected chi connectivity index (χ0v) is 24.7. The molecule has 2 N–H and O–H groups in total. The Balaban J connectivity index is 1.72. The molecule has 3 aromatic rings. The Bertz CT molecular complexity index is 1710. The number of nitrogens with zero attached hydrogens (tertiary/aromatic N) is 3. The Labute approximate surface area is 259 Å². The summed E-state index contributed by atoms with van der Waals surface area (Å²) in [4.78, 5) is 51.1. The number of amides is 1. The second kappa shape index (κ2) is 11.7. The number of hydrogen-bond acceptors (Lipinski definition) is 9. The molecular formula is C29H25Cl2FN4O8. The molecule has 12 nitrogen and oxygen atoms in total. The summed E-state index contributed by atoms with van der Waals surface area (Å²) in [5.41, 5.74) is -2.38. The maximum atomic E-state index is 15.8. The topological polar surface area (TPSA) is 165 Å². The van der Waals surface area contributed by atoms with Crippen LogP contribution in [0.1, 0.15) is 52.4 Å². The number of methoxy groups -OCH3 is 1. The van der Waals surface area contributed by atoms with E-state index in [1.165, 1.54) is 47.4 Å². The van der Waals surface area contributed by atoms with Crippen LogP contribution in [0.4, 0.5) is 15.8 Å². The summed E-state index contributed by atoms with van der Waals surface area (Å²) in [6, 6.07) is 8.96. The number of carbonyl (C=O) groups excluding carboxylic acids is 2. The minimum atomic E-state index is -1.84. The third-order valence-electron chi connectivity index (χ3n) is 8.40. The van der Waals surface area contributed by atoms with Gasteiger partial charge in [-0.3, -0.25) is 29.9 Å². The molecule has 230 valence electrons. The second-order valence-corrected chi connectivity index (χ2v) is 11.3. The fourth-order valence-corrected chi connectivity index (χ4v) is 7.10. The molecule has 5 rings (SSSR count). The van der Waals surface area contributed by atoms with Crippen molar-refractivity contribution in [3.05, 3.63) is 113 Å². The number of ether oxygens (including phenoxy) is 1. The number of aliphatic hydroxyl groups excluding tert-OH is 1. The lowest BCUT2D eigenvalue weighted by Crippen LogP contribution is -2.52. The predicted molar refractivity (Wildman–Crippen MR) is 157 cm³/mol. The molecule has 15 heteroatoms. The van der Waals surface area contributed by atoms with Crippen molar-refractivity contribution >= 4 is 46.5 Å². The molecule has 0 radical (unpaired) electrons. The predicted octanol–water partition coefficient (Wildman–Crippen LogP) is 5.23. The van der Waals surface area contributed by atoms with Crippen LogP contribution in [0.25, 0.3) is 0 Å². The van der Waals surface area contributed by atoms with Gasteiger partial charge in [0, 0.05) is 32.8 Å². The summed E-state index contributed by atoms with van der Waals surface area (Å²) in [5, 5.41) is 39.0. The average Bonchev–Trinajstić information content (AvgIpc) is 3.43. The summed E-state index contributed by atoms with van der Waals surface area (Å²) in [7, 11) is 1.11. The van der Waals surface area contributed by atoms with Gasteiger partial charge >= 0.3 is 5.97 Å². The van der Waals surface area contributed by atoms with E-state index in [0.717, 1.165) is 13.2 Å². The monoisotopic (exact) mass is 646 g/mol. The number of nitrogens with one attached hydrogen (secondary N) is 1. The Morgan fingerprint density at radius 2 is 1.91 bits per heavy atom. The minimum absolute atomic E-state index is 0.0271. The van der Waals surface area contributed by atoms with Gasteiger partial charge in [0.05, 0.1) is 46.2 Å². The number of halogens is 3. The van der Waals surface area contributed by atoms with Crippen molar-refractivity contribution in [2.45, 2.75) is 43.0 Å². The normalized spacial score (nSPS) is 23.3. The van der Waals surface area contributed by atoms with Gasteiger partial charge in [-0.25, -0.2) is 9.18 Å². The highest BCUT2D eigenvalue weighted by Crippen LogP contribution is 2.59. The van der Waals surface area contributed by atoms with E-state index in [9.17, 15) is 34.9 Å². The number of carbonyl (C=O) groups is 2. The van der Waals surface area contributed by atoms with Crippen LogP contribution in [0, 0.1) is 26.0 Å². The van der Waals surface area contributed by atoms with Crippen molar-refractivity contribution in [2.75, 3.05) is 19.0 Å². The molecule has 1 unspecified atom stereocenters. The van der Waals surface area contributed by atoms with E-state index in [-0.39, 0.29) is 39.0 Å². The molecule has 5 atom stereocenters. The molecular weight excluding hydrogens is 622 g/mol. The van der Waals surface area contributed by atoms with Crippen LogP contribution in [0.2, 0.25) is 10.0 Å². The fourth-order valence-electron chi connectivity index (χ4n) is 6.75. The number of fused-ring (bicyclic) bond motifs is 2. The Morgan fingerprint density at radius 1 is 1.18 bits per heavy atom. The second-order valence-electron chi connectivity index (χ2n) is 10.4. The number of anilines is 1. The molecule has 44 heavy (non-hydrogen) atoms. The maximum Gasteiger partial charge on any atom is 0.338 e. The molecule has 3 aromatic carbocycles. The zero-order chi connectivity index (χ0) is 32.1. The van der Waals surface area contributed by atoms with Crippen molar-refractivity contribution < 1.29 is 33.7 Å². The number of hydrogen-bond donors (Lipinski definition) is 2. The minimum Gasteiger partial charge on any atom is -0.465 e. The van der Waals surface area contributed by atoms with Gasteiger partial charge in [0.15, 0.2) is 0 Å². The molecule has 0 aromatic heterocycles. The van der Waals surface area contributed by atoms with E-state index in [2.05, 4.69) is 10.1 Å². The van der Waals surface area contributed by atoms with Gasteiger partial charge in [-0.05, 0) is 43.3 Å². The van der Waals surface area contributed by atoms with Crippen LogP contribution in [0.15, 0.2) is 54.6 Å². The molecule has 1 amide bonds. The first-order valence-electron chi connectivity index (χ1n) is 13.4. The van der Waals surface area contributed by atoms with E-state index in [0.29, 0.717) is 5.56 Å².